The number of aromatic nitrogens is 2. The minimum Gasteiger partial charge on any atom is -0.469 e. The van der Waals surface area contributed by atoms with Gasteiger partial charge in [-0.15, -0.1) is 0 Å². The van der Waals surface area contributed by atoms with Crippen molar-refractivity contribution >= 4 is 11.6 Å². The van der Waals surface area contributed by atoms with Crippen LogP contribution >= 0.6 is 0 Å². The second-order valence-corrected chi connectivity index (χ2v) is 10.4. The van der Waals surface area contributed by atoms with E-state index in [2.05, 4.69) is 27.8 Å². The van der Waals surface area contributed by atoms with Crippen LogP contribution in [-0.2, 0) is 28.0 Å². The molecule has 3 aliphatic heterocycles. The molecular formula is C29H28N4O5. The number of hydrogen-bond acceptors (Lipinski definition) is 8. The van der Waals surface area contributed by atoms with Gasteiger partial charge in [0.05, 0.1) is 6.61 Å². The number of para-hydroxylation sites is 1. The third-order valence-corrected chi connectivity index (χ3v) is 7.68. The lowest BCUT2D eigenvalue weighted by atomic mass is 9.72. The predicted molar refractivity (Wildman–Crippen MR) is 138 cm³/mol. The Hall–Kier alpha value is -4.11. The van der Waals surface area contributed by atoms with Crippen molar-refractivity contribution in [2.24, 2.45) is 5.92 Å². The molecule has 0 fully saturated rings. The van der Waals surface area contributed by atoms with Gasteiger partial charge in [0, 0.05) is 24.8 Å². The summed E-state index contributed by atoms with van der Waals surface area (Å²) in [6.45, 7) is 4.38. The summed E-state index contributed by atoms with van der Waals surface area (Å²) in [6, 6.07) is 13.9. The van der Waals surface area contributed by atoms with Crippen LogP contribution in [0.15, 0.2) is 57.6 Å². The van der Waals surface area contributed by atoms with Crippen molar-refractivity contribution in [1.29, 1.82) is 0 Å². The van der Waals surface area contributed by atoms with E-state index in [9.17, 15) is 4.79 Å². The highest BCUT2D eigenvalue weighted by molar-refractivity contribution is 5.78. The van der Waals surface area contributed by atoms with Crippen LogP contribution in [0.25, 0.3) is 11.6 Å². The van der Waals surface area contributed by atoms with E-state index in [0.29, 0.717) is 48.4 Å². The molecule has 0 aliphatic carbocycles. The fourth-order valence-corrected chi connectivity index (χ4v) is 5.91. The van der Waals surface area contributed by atoms with Crippen LogP contribution in [0.3, 0.4) is 0 Å². The summed E-state index contributed by atoms with van der Waals surface area (Å²) in [4.78, 5) is 22.6. The number of anilines is 1. The van der Waals surface area contributed by atoms with E-state index < -0.39 is 17.7 Å². The van der Waals surface area contributed by atoms with Crippen molar-refractivity contribution in [2.75, 3.05) is 12.4 Å². The molecule has 1 spiro atoms. The van der Waals surface area contributed by atoms with E-state index >= 15 is 0 Å². The molecule has 194 valence electrons. The lowest BCUT2D eigenvalue weighted by molar-refractivity contribution is -0.122. The van der Waals surface area contributed by atoms with Crippen LogP contribution in [0.2, 0.25) is 0 Å². The van der Waals surface area contributed by atoms with E-state index in [1.54, 1.807) is 13.4 Å². The van der Waals surface area contributed by atoms with Gasteiger partial charge in [0.15, 0.2) is 17.7 Å². The maximum absolute atomic E-state index is 13.0. The lowest BCUT2D eigenvalue weighted by Crippen LogP contribution is -2.40. The molecule has 7 rings (SSSR count). The van der Waals surface area contributed by atoms with E-state index in [-0.39, 0.29) is 11.8 Å². The number of carbonyl (C=O) groups excluding carboxylic acids is 1. The molecule has 0 saturated heterocycles. The predicted octanol–water partition coefficient (Wildman–Crippen LogP) is 4.71. The Balaban J connectivity index is 1.56. The largest absolute Gasteiger partial charge is 0.469 e. The Kier molecular flexibility index (Phi) is 5.13. The number of hydrogen-bond donors (Lipinski definition) is 2. The van der Waals surface area contributed by atoms with Gasteiger partial charge in [-0.05, 0) is 35.6 Å². The molecule has 2 aromatic carbocycles. The smallest absolute Gasteiger partial charge is 0.249 e. The Labute approximate surface area is 219 Å². The van der Waals surface area contributed by atoms with Gasteiger partial charge >= 0.3 is 0 Å². The first-order valence-corrected chi connectivity index (χ1v) is 12.9. The number of oxazole rings is 2. The van der Waals surface area contributed by atoms with E-state index in [1.807, 2.05) is 44.2 Å². The van der Waals surface area contributed by atoms with Crippen molar-refractivity contribution in [2.45, 2.75) is 51.0 Å². The molecule has 3 aliphatic rings. The number of benzene rings is 2. The van der Waals surface area contributed by atoms with Crippen molar-refractivity contribution in [3.63, 3.8) is 0 Å². The van der Waals surface area contributed by atoms with Gasteiger partial charge in [0.2, 0.25) is 17.7 Å². The van der Waals surface area contributed by atoms with Gasteiger partial charge in [-0.25, -0.2) is 9.97 Å². The normalized spacial score (nSPS) is 23.1. The van der Waals surface area contributed by atoms with Crippen molar-refractivity contribution < 1.29 is 23.1 Å². The molecule has 3 unspecified atom stereocenters. The maximum atomic E-state index is 13.0. The van der Waals surface area contributed by atoms with Crippen LogP contribution < -0.4 is 15.4 Å². The van der Waals surface area contributed by atoms with Crippen LogP contribution in [-0.4, -0.2) is 29.2 Å². The average molecular weight is 513 g/mol. The SMILES string of the molecule is COCc1coc(-c2nc3oc2C24c5ccccc5NC2Oc2ccc(cc24)CCC(=O)NC3C(C)C)n1. The number of carbonyl (C=O) groups is 1. The summed E-state index contributed by atoms with van der Waals surface area (Å²) < 4.78 is 24.5. The second-order valence-electron chi connectivity index (χ2n) is 10.4. The first kappa shape index (κ1) is 23.0. The molecular weight excluding hydrogens is 484 g/mol. The highest BCUT2D eigenvalue weighted by Crippen LogP contribution is 2.59. The molecule has 2 aromatic heterocycles. The standard InChI is InChI=1S/C29H28N4O5/c1-15(2)23-27-33-24(26-30-17(13-35-3)14-36-26)25(38-27)29-18-6-4-5-7-20(18)31-28(29)37-21-10-8-16(12-19(21)29)9-11-22(34)32-23/h4-8,10,12,14-15,23,28,31H,9,11,13H2,1-3H3,(H,32,34). The third-order valence-electron chi connectivity index (χ3n) is 7.68. The zero-order valence-corrected chi connectivity index (χ0v) is 21.4. The summed E-state index contributed by atoms with van der Waals surface area (Å²) >= 11 is 0. The van der Waals surface area contributed by atoms with Gasteiger partial charge in [-0.2, -0.15) is 0 Å². The summed E-state index contributed by atoms with van der Waals surface area (Å²) in [5, 5.41) is 6.72. The van der Waals surface area contributed by atoms with Crippen molar-refractivity contribution in [3.05, 3.63) is 82.8 Å². The summed E-state index contributed by atoms with van der Waals surface area (Å²) in [6.07, 6.45) is 2.07. The monoisotopic (exact) mass is 512 g/mol. The lowest BCUT2D eigenvalue weighted by Gasteiger charge is -2.27. The average Bonchev–Trinajstić information content (AvgIpc) is 3.66. The number of nitrogens with one attached hydrogen (secondary N) is 2. The highest BCUT2D eigenvalue weighted by Gasteiger charge is 2.61. The number of amides is 1. The van der Waals surface area contributed by atoms with Crippen molar-refractivity contribution in [1.82, 2.24) is 15.3 Å². The summed E-state index contributed by atoms with van der Waals surface area (Å²) in [7, 11) is 1.61. The van der Waals surface area contributed by atoms with Gasteiger partial charge in [-0.1, -0.05) is 44.2 Å². The summed E-state index contributed by atoms with van der Waals surface area (Å²) in [5.74, 6) is 2.04. The number of rotatable bonds is 4. The number of ether oxygens (including phenoxy) is 2. The zero-order valence-electron chi connectivity index (χ0n) is 21.4. The van der Waals surface area contributed by atoms with Crippen LogP contribution in [0.5, 0.6) is 5.75 Å². The molecule has 5 heterocycles. The van der Waals surface area contributed by atoms with Gasteiger partial charge in [0.25, 0.3) is 0 Å². The number of methoxy groups -OCH3 is 1. The Morgan fingerprint density at radius 2 is 1.97 bits per heavy atom. The first-order chi connectivity index (χ1) is 18.5. The molecule has 4 aromatic rings. The Morgan fingerprint density at radius 1 is 1.11 bits per heavy atom. The van der Waals surface area contributed by atoms with Crippen LogP contribution in [0.4, 0.5) is 5.69 Å². The minimum absolute atomic E-state index is 0.0327. The molecule has 38 heavy (non-hydrogen) atoms. The highest BCUT2D eigenvalue weighted by atomic mass is 16.5. The molecule has 0 saturated carbocycles. The van der Waals surface area contributed by atoms with E-state index in [1.165, 1.54) is 0 Å². The zero-order chi connectivity index (χ0) is 26.0. The molecule has 0 radical (unpaired) electrons. The quantitative estimate of drug-likeness (QED) is 0.404. The molecule has 2 N–H and O–H groups in total. The number of aryl methyl sites for hydroxylation is 1. The fraction of sp³-hybridized carbons (Fsp3) is 0.345. The summed E-state index contributed by atoms with van der Waals surface area (Å²) in [5.41, 5.74) is 4.28. The minimum atomic E-state index is -0.844. The first-order valence-electron chi connectivity index (χ1n) is 12.9. The molecule has 9 heteroatoms. The molecule has 9 nitrogen and oxygen atoms in total. The van der Waals surface area contributed by atoms with Gasteiger partial charge in [0.1, 0.15) is 29.2 Å². The van der Waals surface area contributed by atoms with E-state index in [0.717, 1.165) is 28.1 Å². The molecule has 3 atom stereocenters. The number of nitrogens with zero attached hydrogens (tertiary/aromatic N) is 2. The third kappa shape index (κ3) is 3.24. The maximum Gasteiger partial charge on any atom is 0.249 e. The van der Waals surface area contributed by atoms with Crippen molar-refractivity contribution in [3.8, 4) is 17.3 Å². The van der Waals surface area contributed by atoms with Crippen LogP contribution in [0.1, 0.15) is 60.3 Å². The molecule has 4 bridgehead atoms. The number of fused-ring (bicyclic) bond motifs is 4. The van der Waals surface area contributed by atoms with Gasteiger partial charge in [-0.3, -0.25) is 4.79 Å². The molecule has 1 amide bonds. The van der Waals surface area contributed by atoms with Crippen LogP contribution in [0, 0.1) is 5.92 Å². The topological polar surface area (TPSA) is 112 Å². The van der Waals surface area contributed by atoms with E-state index in [4.69, 9.17) is 23.3 Å². The second kappa shape index (κ2) is 8.46. The fourth-order valence-electron chi connectivity index (χ4n) is 5.91. The van der Waals surface area contributed by atoms with Gasteiger partial charge < -0.3 is 28.9 Å². The Bertz CT molecular complexity index is 1560. The Morgan fingerprint density at radius 3 is 2.82 bits per heavy atom.